The standard InChI is InChI=1S/C21H24ClN3O4/c1-28-18-13-19(29-2)17(12-16(18)22)23-20(26)14-24-8-10-25(11-9-24)21(27)15-6-4-3-5-7-15/h3-7,12-13H,8-11,14H2,1-2H3,(H,23,26). The van der Waals surface area contributed by atoms with Gasteiger partial charge in [0.05, 0.1) is 31.5 Å². The highest BCUT2D eigenvalue weighted by Crippen LogP contribution is 2.35. The average molecular weight is 418 g/mol. The zero-order chi connectivity index (χ0) is 20.8. The summed E-state index contributed by atoms with van der Waals surface area (Å²) in [7, 11) is 3.03. The van der Waals surface area contributed by atoms with Gasteiger partial charge in [-0.2, -0.15) is 0 Å². The van der Waals surface area contributed by atoms with E-state index in [-0.39, 0.29) is 18.4 Å². The molecule has 0 unspecified atom stereocenters. The van der Waals surface area contributed by atoms with Crippen molar-refractivity contribution in [3.8, 4) is 11.5 Å². The molecule has 1 fully saturated rings. The Morgan fingerprint density at radius 2 is 1.66 bits per heavy atom. The van der Waals surface area contributed by atoms with Crippen molar-refractivity contribution in [1.29, 1.82) is 0 Å². The van der Waals surface area contributed by atoms with E-state index in [2.05, 4.69) is 5.32 Å². The van der Waals surface area contributed by atoms with Gasteiger partial charge in [0, 0.05) is 37.8 Å². The summed E-state index contributed by atoms with van der Waals surface area (Å²) in [5, 5.41) is 3.22. The minimum Gasteiger partial charge on any atom is -0.495 e. The molecule has 0 bridgehead atoms. The van der Waals surface area contributed by atoms with E-state index in [1.165, 1.54) is 14.2 Å². The maximum atomic E-state index is 12.5. The van der Waals surface area contributed by atoms with E-state index in [1.807, 2.05) is 40.1 Å². The maximum absolute atomic E-state index is 12.5. The van der Waals surface area contributed by atoms with Crippen LogP contribution in [0.25, 0.3) is 0 Å². The predicted molar refractivity (Wildman–Crippen MR) is 112 cm³/mol. The van der Waals surface area contributed by atoms with E-state index in [0.717, 1.165) is 0 Å². The number of rotatable bonds is 6. The first-order valence-electron chi connectivity index (χ1n) is 9.30. The molecule has 29 heavy (non-hydrogen) atoms. The molecule has 1 aliphatic rings. The van der Waals surface area contributed by atoms with Crippen LogP contribution in [0.1, 0.15) is 10.4 Å². The number of hydrogen-bond acceptors (Lipinski definition) is 5. The second-order valence-electron chi connectivity index (χ2n) is 6.67. The summed E-state index contributed by atoms with van der Waals surface area (Å²) in [4.78, 5) is 28.8. The minimum atomic E-state index is -0.174. The number of nitrogens with one attached hydrogen (secondary N) is 1. The van der Waals surface area contributed by atoms with Crippen molar-refractivity contribution >= 4 is 29.1 Å². The molecule has 8 heteroatoms. The third-order valence-corrected chi connectivity index (χ3v) is 5.09. The first-order chi connectivity index (χ1) is 14.0. The lowest BCUT2D eigenvalue weighted by molar-refractivity contribution is -0.117. The van der Waals surface area contributed by atoms with Crippen LogP contribution < -0.4 is 14.8 Å². The first-order valence-corrected chi connectivity index (χ1v) is 9.67. The number of hydrogen-bond donors (Lipinski definition) is 1. The molecule has 7 nitrogen and oxygen atoms in total. The summed E-state index contributed by atoms with van der Waals surface area (Å²) in [6, 6.07) is 12.5. The molecule has 154 valence electrons. The molecule has 2 amide bonds. The topological polar surface area (TPSA) is 71.1 Å². The number of ether oxygens (including phenoxy) is 2. The van der Waals surface area contributed by atoms with Gasteiger partial charge in [-0.15, -0.1) is 0 Å². The fraction of sp³-hybridized carbons (Fsp3) is 0.333. The molecule has 2 aromatic carbocycles. The molecule has 1 aliphatic heterocycles. The second-order valence-corrected chi connectivity index (χ2v) is 7.08. The highest BCUT2D eigenvalue weighted by molar-refractivity contribution is 6.32. The van der Waals surface area contributed by atoms with Gasteiger partial charge in [-0.3, -0.25) is 14.5 Å². The lowest BCUT2D eigenvalue weighted by Gasteiger charge is -2.34. The Bertz CT molecular complexity index is 868. The minimum absolute atomic E-state index is 0.0207. The number of halogens is 1. The molecule has 0 saturated carbocycles. The number of amides is 2. The third-order valence-electron chi connectivity index (χ3n) is 4.80. The van der Waals surface area contributed by atoms with E-state index in [4.69, 9.17) is 21.1 Å². The number of methoxy groups -OCH3 is 2. The van der Waals surface area contributed by atoms with Crippen molar-refractivity contribution in [3.63, 3.8) is 0 Å². The second kappa shape index (κ2) is 9.62. The first kappa shape index (κ1) is 21.0. The summed E-state index contributed by atoms with van der Waals surface area (Å²) in [5.74, 6) is 0.790. The highest BCUT2D eigenvalue weighted by atomic mass is 35.5. The Kier molecular flexibility index (Phi) is 6.95. The molecule has 1 saturated heterocycles. The smallest absolute Gasteiger partial charge is 0.253 e. The molecule has 2 aromatic rings. The van der Waals surface area contributed by atoms with Crippen LogP contribution in [-0.4, -0.2) is 68.6 Å². The van der Waals surface area contributed by atoms with Crippen molar-refractivity contribution in [2.24, 2.45) is 0 Å². The van der Waals surface area contributed by atoms with Crippen LogP contribution in [0.2, 0.25) is 5.02 Å². The van der Waals surface area contributed by atoms with Crippen molar-refractivity contribution in [2.45, 2.75) is 0 Å². The molecular formula is C21H24ClN3O4. The van der Waals surface area contributed by atoms with Crippen LogP contribution in [0.5, 0.6) is 11.5 Å². The highest BCUT2D eigenvalue weighted by Gasteiger charge is 2.23. The van der Waals surface area contributed by atoms with Crippen LogP contribution in [-0.2, 0) is 4.79 Å². The lowest BCUT2D eigenvalue weighted by Crippen LogP contribution is -2.50. The Morgan fingerprint density at radius 1 is 1.00 bits per heavy atom. The number of carbonyl (C=O) groups excluding carboxylic acids is 2. The van der Waals surface area contributed by atoms with E-state index >= 15 is 0 Å². The molecular weight excluding hydrogens is 394 g/mol. The van der Waals surface area contributed by atoms with Crippen molar-refractivity contribution in [2.75, 3.05) is 52.3 Å². The zero-order valence-corrected chi connectivity index (χ0v) is 17.2. The maximum Gasteiger partial charge on any atom is 0.253 e. The van der Waals surface area contributed by atoms with Crippen LogP contribution in [0.4, 0.5) is 5.69 Å². The van der Waals surface area contributed by atoms with Crippen LogP contribution in [0.15, 0.2) is 42.5 Å². The third kappa shape index (κ3) is 5.19. The van der Waals surface area contributed by atoms with Crippen molar-refractivity contribution < 1.29 is 19.1 Å². The van der Waals surface area contributed by atoms with E-state index in [1.54, 1.807) is 12.1 Å². The summed E-state index contributed by atoms with van der Waals surface area (Å²) in [5.41, 5.74) is 1.17. The van der Waals surface area contributed by atoms with Gasteiger partial charge in [0.15, 0.2) is 0 Å². The van der Waals surface area contributed by atoms with Crippen LogP contribution in [0, 0.1) is 0 Å². The largest absolute Gasteiger partial charge is 0.495 e. The normalized spacial score (nSPS) is 14.4. The SMILES string of the molecule is COc1cc(OC)c(NC(=O)CN2CCN(C(=O)c3ccccc3)CC2)cc1Cl. The van der Waals surface area contributed by atoms with Gasteiger partial charge in [0.1, 0.15) is 11.5 Å². The van der Waals surface area contributed by atoms with Crippen LogP contribution in [0.3, 0.4) is 0 Å². The molecule has 0 aromatic heterocycles. The quantitative estimate of drug-likeness (QED) is 0.782. The van der Waals surface area contributed by atoms with Gasteiger partial charge in [-0.25, -0.2) is 0 Å². The predicted octanol–water partition coefficient (Wildman–Crippen LogP) is 2.75. The lowest BCUT2D eigenvalue weighted by atomic mass is 10.2. The van der Waals surface area contributed by atoms with Gasteiger partial charge < -0.3 is 19.7 Å². The molecule has 0 spiro atoms. The summed E-state index contributed by atoms with van der Waals surface area (Å²) in [6.45, 7) is 2.65. The van der Waals surface area contributed by atoms with Gasteiger partial charge in [0.25, 0.3) is 5.91 Å². The molecule has 1 N–H and O–H groups in total. The van der Waals surface area contributed by atoms with Crippen molar-refractivity contribution in [1.82, 2.24) is 9.80 Å². The number of carbonyl (C=O) groups is 2. The van der Waals surface area contributed by atoms with Gasteiger partial charge in [-0.1, -0.05) is 29.8 Å². The Labute approximate surface area is 175 Å². The van der Waals surface area contributed by atoms with Gasteiger partial charge in [0.2, 0.25) is 5.91 Å². The Hall–Kier alpha value is -2.77. The molecule has 0 aliphatic carbocycles. The van der Waals surface area contributed by atoms with E-state index < -0.39 is 0 Å². The van der Waals surface area contributed by atoms with Gasteiger partial charge >= 0.3 is 0 Å². The van der Waals surface area contributed by atoms with Gasteiger partial charge in [-0.05, 0) is 18.2 Å². The monoisotopic (exact) mass is 417 g/mol. The number of nitrogens with zero attached hydrogens (tertiary/aromatic N) is 2. The number of piperazine rings is 1. The van der Waals surface area contributed by atoms with E-state index in [9.17, 15) is 9.59 Å². The zero-order valence-electron chi connectivity index (χ0n) is 16.5. The van der Waals surface area contributed by atoms with E-state index in [0.29, 0.717) is 54.0 Å². The summed E-state index contributed by atoms with van der Waals surface area (Å²) in [6.07, 6.45) is 0. The fourth-order valence-corrected chi connectivity index (χ4v) is 3.46. The fourth-order valence-electron chi connectivity index (χ4n) is 3.22. The number of anilines is 1. The van der Waals surface area contributed by atoms with Crippen LogP contribution >= 0.6 is 11.6 Å². The molecule has 0 radical (unpaired) electrons. The van der Waals surface area contributed by atoms with Crippen molar-refractivity contribution in [3.05, 3.63) is 53.1 Å². The summed E-state index contributed by atoms with van der Waals surface area (Å²) < 4.78 is 10.5. The summed E-state index contributed by atoms with van der Waals surface area (Å²) >= 11 is 6.15. The Morgan fingerprint density at radius 3 is 2.28 bits per heavy atom. The molecule has 1 heterocycles. The number of benzene rings is 2. The molecule has 3 rings (SSSR count). The average Bonchev–Trinajstić information content (AvgIpc) is 2.74. The molecule has 0 atom stereocenters. The Balaban J connectivity index is 1.54.